The molecule has 1 aliphatic rings. The Balaban J connectivity index is 2.03. The molecule has 0 unspecified atom stereocenters. The molecule has 0 radical (unpaired) electrons. The Hall–Kier alpha value is -2.70. The molecule has 2 aromatic heterocycles. The van der Waals surface area contributed by atoms with Gasteiger partial charge in [-0.25, -0.2) is 9.78 Å². The van der Waals surface area contributed by atoms with Crippen LogP contribution in [0.5, 0.6) is 0 Å². The number of nitrogens with one attached hydrogen (secondary N) is 1. The first kappa shape index (κ1) is 11.4. The van der Waals surface area contributed by atoms with Gasteiger partial charge in [0.25, 0.3) is 0 Å². The van der Waals surface area contributed by atoms with Crippen molar-refractivity contribution >= 4 is 29.6 Å². The molecule has 3 amide bonds. The van der Waals surface area contributed by atoms with Crippen LogP contribution in [0.1, 0.15) is 16.9 Å². The fourth-order valence-corrected chi connectivity index (χ4v) is 2.05. The maximum atomic E-state index is 11.7. The first-order chi connectivity index (χ1) is 9.19. The van der Waals surface area contributed by atoms with Crippen LogP contribution in [0, 0.1) is 0 Å². The minimum Gasteiger partial charge on any atom is -0.296 e. The summed E-state index contributed by atoms with van der Waals surface area (Å²) in [7, 11) is 0. The number of urea groups is 1. The number of aldehydes is 1. The number of carbonyl (C=O) groups excluding carboxylic acids is 3. The second-order valence-electron chi connectivity index (χ2n) is 4.17. The molecule has 7 heteroatoms. The molecule has 7 nitrogen and oxygen atoms in total. The van der Waals surface area contributed by atoms with Crippen molar-refractivity contribution in [1.29, 1.82) is 0 Å². The van der Waals surface area contributed by atoms with Crippen molar-refractivity contribution in [2.45, 2.75) is 6.42 Å². The van der Waals surface area contributed by atoms with Gasteiger partial charge in [0.1, 0.15) is 11.3 Å². The number of anilines is 1. The van der Waals surface area contributed by atoms with E-state index in [2.05, 4.69) is 10.3 Å². The molecule has 1 N–H and O–H groups in total. The molecule has 96 valence electrons. The van der Waals surface area contributed by atoms with E-state index in [9.17, 15) is 14.4 Å². The fraction of sp³-hybridized carbons (Fsp3) is 0.167. The summed E-state index contributed by atoms with van der Waals surface area (Å²) in [6.07, 6.45) is 4.07. The third-order valence-electron chi connectivity index (χ3n) is 3.01. The minimum atomic E-state index is -0.455. The fourth-order valence-electron chi connectivity index (χ4n) is 2.05. The van der Waals surface area contributed by atoms with Crippen molar-refractivity contribution < 1.29 is 14.4 Å². The van der Waals surface area contributed by atoms with Gasteiger partial charge in [0.2, 0.25) is 5.91 Å². The first-order valence-electron chi connectivity index (χ1n) is 5.72. The Kier molecular flexibility index (Phi) is 2.52. The number of fused-ring (bicyclic) bond motifs is 1. The molecule has 0 atom stereocenters. The third kappa shape index (κ3) is 1.85. The molecule has 1 fully saturated rings. The zero-order chi connectivity index (χ0) is 13.4. The summed E-state index contributed by atoms with van der Waals surface area (Å²) in [5.74, 6) is -0.279. The topological polar surface area (TPSA) is 83.8 Å². The van der Waals surface area contributed by atoms with Crippen molar-refractivity contribution in [2.75, 3.05) is 11.4 Å². The van der Waals surface area contributed by atoms with Crippen molar-refractivity contribution in [3.05, 3.63) is 30.2 Å². The Bertz CT molecular complexity index is 691. The van der Waals surface area contributed by atoms with Gasteiger partial charge >= 0.3 is 6.03 Å². The summed E-state index contributed by atoms with van der Waals surface area (Å²) < 4.78 is 1.60. The second kappa shape index (κ2) is 4.20. The number of carbonyl (C=O) groups is 3. The van der Waals surface area contributed by atoms with Gasteiger partial charge in [0, 0.05) is 19.2 Å². The molecular formula is C12H10N4O3. The van der Waals surface area contributed by atoms with Gasteiger partial charge in [0.05, 0.1) is 11.9 Å². The number of imidazole rings is 1. The van der Waals surface area contributed by atoms with Crippen LogP contribution >= 0.6 is 0 Å². The Morgan fingerprint density at radius 1 is 1.32 bits per heavy atom. The lowest BCUT2D eigenvalue weighted by Gasteiger charge is -2.26. The van der Waals surface area contributed by atoms with Gasteiger partial charge in [-0.05, 0) is 12.1 Å². The van der Waals surface area contributed by atoms with Crippen LogP contribution in [0.2, 0.25) is 0 Å². The molecule has 0 saturated carbocycles. The Morgan fingerprint density at radius 2 is 2.16 bits per heavy atom. The number of amides is 3. The van der Waals surface area contributed by atoms with Gasteiger partial charge < -0.3 is 0 Å². The standard InChI is InChI=1S/C12H10N4O3/c17-7-9-5-13-10-2-1-8(6-16(9)10)15-4-3-11(18)14-12(15)19/h1-2,5-7H,3-4H2,(H,14,18,19). The summed E-state index contributed by atoms with van der Waals surface area (Å²) in [5, 5.41) is 2.25. The highest BCUT2D eigenvalue weighted by Gasteiger charge is 2.24. The predicted molar refractivity (Wildman–Crippen MR) is 66.1 cm³/mol. The summed E-state index contributed by atoms with van der Waals surface area (Å²) in [5.41, 5.74) is 1.64. The lowest BCUT2D eigenvalue weighted by Crippen LogP contribution is -2.49. The number of nitrogens with zero attached hydrogens (tertiary/aromatic N) is 3. The van der Waals surface area contributed by atoms with Crippen LogP contribution in [0.3, 0.4) is 0 Å². The van der Waals surface area contributed by atoms with E-state index in [0.717, 1.165) is 0 Å². The van der Waals surface area contributed by atoms with Crippen LogP contribution in [0.15, 0.2) is 24.5 Å². The predicted octanol–water partition coefficient (Wildman–Crippen LogP) is 0.593. The average Bonchev–Trinajstić information content (AvgIpc) is 2.80. The zero-order valence-corrected chi connectivity index (χ0v) is 9.87. The zero-order valence-electron chi connectivity index (χ0n) is 9.87. The van der Waals surface area contributed by atoms with Gasteiger partial charge in [-0.15, -0.1) is 0 Å². The number of hydrogen-bond acceptors (Lipinski definition) is 4. The summed E-state index contributed by atoms with van der Waals surface area (Å²) in [4.78, 5) is 39.2. The summed E-state index contributed by atoms with van der Waals surface area (Å²) in [6.45, 7) is 0.321. The highest BCUT2D eigenvalue weighted by atomic mass is 16.2. The van der Waals surface area contributed by atoms with E-state index >= 15 is 0 Å². The average molecular weight is 258 g/mol. The lowest BCUT2D eigenvalue weighted by atomic mass is 10.2. The number of imide groups is 1. The van der Waals surface area contributed by atoms with Crippen LogP contribution in [0.4, 0.5) is 10.5 Å². The highest BCUT2D eigenvalue weighted by molar-refractivity contribution is 6.05. The van der Waals surface area contributed by atoms with Gasteiger partial charge in [-0.1, -0.05) is 0 Å². The number of aromatic nitrogens is 2. The molecule has 19 heavy (non-hydrogen) atoms. The van der Waals surface area contributed by atoms with E-state index in [4.69, 9.17) is 0 Å². The van der Waals surface area contributed by atoms with Gasteiger partial charge in [-0.3, -0.25) is 24.2 Å². The van der Waals surface area contributed by atoms with Crippen molar-refractivity contribution in [3.8, 4) is 0 Å². The highest BCUT2D eigenvalue weighted by Crippen LogP contribution is 2.18. The van der Waals surface area contributed by atoms with Crippen LogP contribution in [0.25, 0.3) is 5.65 Å². The Labute approximate surface area is 107 Å². The van der Waals surface area contributed by atoms with Crippen LogP contribution < -0.4 is 10.2 Å². The largest absolute Gasteiger partial charge is 0.328 e. The molecule has 1 saturated heterocycles. The van der Waals surface area contributed by atoms with E-state index in [1.54, 1.807) is 22.7 Å². The van der Waals surface area contributed by atoms with Gasteiger partial charge in [0.15, 0.2) is 6.29 Å². The van der Waals surface area contributed by atoms with Crippen molar-refractivity contribution in [1.82, 2.24) is 14.7 Å². The minimum absolute atomic E-state index is 0.258. The SMILES string of the molecule is O=Cc1cnc2ccc(N3CCC(=O)NC3=O)cn12. The molecule has 1 aliphatic heterocycles. The molecule has 0 aromatic carbocycles. The van der Waals surface area contributed by atoms with Crippen molar-refractivity contribution in [3.63, 3.8) is 0 Å². The molecule has 2 aromatic rings. The monoisotopic (exact) mass is 258 g/mol. The number of hydrogen-bond donors (Lipinski definition) is 1. The maximum absolute atomic E-state index is 11.7. The molecule has 3 heterocycles. The summed E-state index contributed by atoms with van der Waals surface area (Å²) >= 11 is 0. The number of pyridine rings is 1. The van der Waals surface area contributed by atoms with E-state index in [1.165, 1.54) is 11.1 Å². The first-order valence-corrected chi connectivity index (χ1v) is 5.72. The van der Waals surface area contributed by atoms with Crippen LogP contribution in [-0.2, 0) is 4.79 Å². The smallest absolute Gasteiger partial charge is 0.296 e. The summed E-state index contributed by atoms with van der Waals surface area (Å²) in [6, 6.07) is 2.99. The van der Waals surface area contributed by atoms with Gasteiger partial charge in [-0.2, -0.15) is 0 Å². The lowest BCUT2D eigenvalue weighted by molar-refractivity contribution is -0.120. The second-order valence-corrected chi connectivity index (χ2v) is 4.17. The van der Waals surface area contributed by atoms with E-state index in [1.807, 2.05) is 0 Å². The third-order valence-corrected chi connectivity index (χ3v) is 3.01. The quantitative estimate of drug-likeness (QED) is 0.799. The molecular weight excluding hydrogens is 248 g/mol. The van der Waals surface area contributed by atoms with E-state index < -0.39 is 6.03 Å². The van der Waals surface area contributed by atoms with Crippen molar-refractivity contribution in [2.24, 2.45) is 0 Å². The number of rotatable bonds is 2. The molecule has 0 spiro atoms. The van der Waals surface area contributed by atoms with E-state index in [0.29, 0.717) is 29.9 Å². The van der Waals surface area contributed by atoms with E-state index in [-0.39, 0.29) is 12.3 Å². The maximum Gasteiger partial charge on any atom is 0.328 e. The molecule has 3 rings (SSSR count). The molecule has 0 bridgehead atoms. The molecule has 0 aliphatic carbocycles. The Morgan fingerprint density at radius 3 is 2.89 bits per heavy atom. The normalized spacial score (nSPS) is 15.7. The van der Waals surface area contributed by atoms with Crippen LogP contribution in [-0.4, -0.2) is 34.2 Å².